The summed E-state index contributed by atoms with van der Waals surface area (Å²) in [5.74, 6) is 0.567. The monoisotopic (exact) mass is 692 g/mol. The Morgan fingerprint density at radius 3 is 2.52 bits per heavy atom. The molecular weight excluding hydrogens is 658 g/mol. The number of rotatable bonds is 9. The molecule has 1 fully saturated rings. The van der Waals surface area contributed by atoms with Crippen molar-refractivity contribution in [3.63, 3.8) is 0 Å². The van der Waals surface area contributed by atoms with Crippen molar-refractivity contribution in [3.05, 3.63) is 58.1 Å². The molecule has 1 unspecified atom stereocenters. The fourth-order valence-electron chi connectivity index (χ4n) is 4.91. The third-order valence-corrected chi connectivity index (χ3v) is 9.30. The van der Waals surface area contributed by atoms with Crippen LogP contribution in [0.2, 0.25) is 5.02 Å². The third kappa shape index (κ3) is 7.89. The lowest BCUT2D eigenvalue weighted by molar-refractivity contribution is -0.137. The lowest BCUT2D eigenvalue weighted by atomic mass is 10.1. The fraction of sp³-hybridized carbons (Fsp3) is 0.452. The average molecular weight is 693 g/mol. The lowest BCUT2D eigenvalue weighted by Gasteiger charge is -2.41. The minimum absolute atomic E-state index is 0.0294. The standard InChI is InChI=1S/C31H35ClF2N6O4S2/c1-18(2)28(41)38-11-12-39(30(42)44-31(3,4)5)20(15-38)16-43-26-24-22(32)13-21(45-17-19-9-7-6-8-10-19)14-23(24)40(37-26)29-36-35-27(46-29)25(33)34/h6-10,13-14,18,20,25H,11-12,15-17H2,1-5H3. The Labute approximate surface area is 279 Å². The summed E-state index contributed by atoms with van der Waals surface area (Å²) in [6.07, 6.45) is -3.30. The van der Waals surface area contributed by atoms with Gasteiger partial charge in [-0.15, -0.1) is 27.1 Å². The molecule has 5 rings (SSSR count). The Kier molecular flexibility index (Phi) is 10.4. The van der Waals surface area contributed by atoms with Crippen LogP contribution in [0.1, 0.15) is 51.6 Å². The van der Waals surface area contributed by atoms with Crippen molar-refractivity contribution in [1.82, 2.24) is 29.8 Å². The molecule has 246 valence electrons. The molecule has 1 atom stereocenters. The summed E-state index contributed by atoms with van der Waals surface area (Å²) in [6, 6.07) is 13.0. The highest BCUT2D eigenvalue weighted by Gasteiger charge is 2.36. The van der Waals surface area contributed by atoms with Gasteiger partial charge in [0.15, 0.2) is 5.01 Å². The highest BCUT2D eigenvalue weighted by atomic mass is 35.5. The summed E-state index contributed by atoms with van der Waals surface area (Å²) in [6.45, 7) is 9.84. The molecule has 1 aliphatic rings. The Morgan fingerprint density at radius 1 is 1.13 bits per heavy atom. The highest BCUT2D eigenvalue weighted by molar-refractivity contribution is 7.98. The van der Waals surface area contributed by atoms with Crippen LogP contribution in [0.15, 0.2) is 47.4 Å². The molecule has 15 heteroatoms. The summed E-state index contributed by atoms with van der Waals surface area (Å²) in [5, 5.41) is 12.7. The molecule has 2 aromatic carbocycles. The second-order valence-electron chi connectivity index (χ2n) is 12.1. The molecule has 10 nitrogen and oxygen atoms in total. The van der Waals surface area contributed by atoms with Gasteiger partial charge in [-0.1, -0.05) is 67.1 Å². The maximum absolute atomic E-state index is 13.4. The van der Waals surface area contributed by atoms with Crippen LogP contribution in [0, 0.1) is 5.92 Å². The second-order valence-corrected chi connectivity index (χ2v) is 14.5. The first-order valence-electron chi connectivity index (χ1n) is 14.7. The van der Waals surface area contributed by atoms with Gasteiger partial charge in [0.2, 0.25) is 16.9 Å². The summed E-state index contributed by atoms with van der Waals surface area (Å²) in [4.78, 5) is 30.2. The van der Waals surface area contributed by atoms with Crippen molar-refractivity contribution >= 4 is 57.6 Å². The number of nitrogens with zero attached hydrogens (tertiary/aromatic N) is 6. The number of amides is 2. The summed E-state index contributed by atoms with van der Waals surface area (Å²) >= 11 is 9.12. The largest absolute Gasteiger partial charge is 0.474 e. The number of piperazine rings is 1. The van der Waals surface area contributed by atoms with Gasteiger partial charge in [0.1, 0.15) is 12.2 Å². The van der Waals surface area contributed by atoms with Crippen LogP contribution in [0.4, 0.5) is 13.6 Å². The quantitative estimate of drug-likeness (QED) is 0.169. The predicted molar refractivity (Wildman–Crippen MR) is 174 cm³/mol. The molecular formula is C31H35ClF2N6O4S2. The van der Waals surface area contributed by atoms with Gasteiger partial charge in [0, 0.05) is 36.2 Å². The molecule has 0 saturated carbocycles. The molecule has 2 aromatic heterocycles. The molecule has 46 heavy (non-hydrogen) atoms. The molecule has 0 N–H and O–H groups in total. The van der Waals surface area contributed by atoms with Crippen molar-refractivity contribution in [2.75, 3.05) is 26.2 Å². The van der Waals surface area contributed by atoms with Crippen molar-refractivity contribution in [3.8, 4) is 11.0 Å². The Morgan fingerprint density at radius 2 is 1.87 bits per heavy atom. The number of thioether (sulfide) groups is 1. The average Bonchev–Trinajstić information content (AvgIpc) is 3.64. The van der Waals surface area contributed by atoms with Gasteiger partial charge < -0.3 is 14.4 Å². The second kappa shape index (κ2) is 14.1. The number of hydrogen-bond acceptors (Lipinski definition) is 9. The van der Waals surface area contributed by atoms with Gasteiger partial charge in [0.05, 0.1) is 22.0 Å². The number of alkyl halides is 2. The molecule has 0 aliphatic carbocycles. The minimum Gasteiger partial charge on any atom is -0.474 e. The van der Waals surface area contributed by atoms with E-state index in [1.54, 1.807) is 48.4 Å². The first kappa shape index (κ1) is 33.9. The van der Waals surface area contributed by atoms with Crippen LogP contribution in [0.25, 0.3) is 16.0 Å². The van der Waals surface area contributed by atoms with Crippen LogP contribution in [0.3, 0.4) is 0 Å². The van der Waals surface area contributed by atoms with E-state index in [1.165, 1.54) is 4.68 Å². The van der Waals surface area contributed by atoms with Gasteiger partial charge in [-0.2, -0.15) is 0 Å². The van der Waals surface area contributed by atoms with Crippen LogP contribution < -0.4 is 4.74 Å². The first-order valence-corrected chi connectivity index (χ1v) is 16.9. The van der Waals surface area contributed by atoms with E-state index in [9.17, 15) is 18.4 Å². The minimum atomic E-state index is -2.79. The highest BCUT2D eigenvalue weighted by Crippen LogP contribution is 2.39. The van der Waals surface area contributed by atoms with E-state index in [2.05, 4.69) is 15.3 Å². The van der Waals surface area contributed by atoms with E-state index in [4.69, 9.17) is 21.1 Å². The smallest absolute Gasteiger partial charge is 0.410 e. The topological polar surface area (TPSA) is 103 Å². The van der Waals surface area contributed by atoms with E-state index in [1.807, 2.05) is 50.2 Å². The van der Waals surface area contributed by atoms with E-state index >= 15 is 0 Å². The predicted octanol–water partition coefficient (Wildman–Crippen LogP) is 7.24. The fourth-order valence-corrected chi connectivity index (χ4v) is 6.86. The van der Waals surface area contributed by atoms with E-state index in [-0.39, 0.29) is 42.5 Å². The maximum Gasteiger partial charge on any atom is 0.410 e. The van der Waals surface area contributed by atoms with Gasteiger partial charge >= 0.3 is 6.09 Å². The van der Waals surface area contributed by atoms with Crippen LogP contribution in [-0.4, -0.2) is 79.7 Å². The van der Waals surface area contributed by atoms with Gasteiger partial charge in [-0.3, -0.25) is 9.69 Å². The summed E-state index contributed by atoms with van der Waals surface area (Å²) in [5.41, 5.74) is 0.906. The number of aromatic nitrogens is 4. The summed E-state index contributed by atoms with van der Waals surface area (Å²) < 4.78 is 40.2. The van der Waals surface area contributed by atoms with Crippen molar-refractivity contribution in [2.24, 2.45) is 5.92 Å². The Bertz CT molecular complexity index is 1700. The molecule has 0 spiro atoms. The van der Waals surface area contributed by atoms with Gasteiger partial charge in [-0.05, 0) is 38.5 Å². The van der Waals surface area contributed by atoms with Gasteiger partial charge in [-0.25, -0.2) is 18.3 Å². The molecule has 2 amide bonds. The van der Waals surface area contributed by atoms with Crippen molar-refractivity contribution in [1.29, 1.82) is 0 Å². The molecule has 3 heterocycles. The summed E-state index contributed by atoms with van der Waals surface area (Å²) in [7, 11) is 0. The maximum atomic E-state index is 13.4. The van der Waals surface area contributed by atoms with Crippen LogP contribution in [0.5, 0.6) is 5.88 Å². The SMILES string of the molecule is CC(C)C(=O)N1CCN(C(=O)OC(C)(C)C)C(COc2nn(-c3nnc(C(F)F)s3)c3cc(SCc4ccccc4)cc(Cl)c23)C1. The molecule has 0 radical (unpaired) electrons. The zero-order valence-corrected chi connectivity index (χ0v) is 28.5. The van der Waals surface area contributed by atoms with E-state index in [0.29, 0.717) is 39.6 Å². The Hall–Kier alpha value is -3.49. The molecule has 0 bridgehead atoms. The number of carbonyl (C=O) groups excluding carboxylic acids is 2. The number of halogens is 3. The normalized spacial score (nSPS) is 15.7. The first-order chi connectivity index (χ1) is 21.8. The zero-order chi connectivity index (χ0) is 33.2. The van der Waals surface area contributed by atoms with E-state index < -0.39 is 29.2 Å². The number of ether oxygens (including phenoxy) is 2. The van der Waals surface area contributed by atoms with Gasteiger partial charge in [0.25, 0.3) is 6.43 Å². The van der Waals surface area contributed by atoms with Crippen LogP contribution >= 0.6 is 34.7 Å². The number of fused-ring (bicyclic) bond motifs is 1. The van der Waals surface area contributed by atoms with E-state index in [0.717, 1.165) is 10.5 Å². The van der Waals surface area contributed by atoms with Crippen LogP contribution in [-0.2, 0) is 15.3 Å². The molecule has 1 saturated heterocycles. The number of hydrogen-bond donors (Lipinski definition) is 0. The Balaban J connectivity index is 1.48. The zero-order valence-electron chi connectivity index (χ0n) is 26.1. The molecule has 4 aromatic rings. The number of benzene rings is 2. The molecule has 1 aliphatic heterocycles. The lowest BCUT2D eigenvalue weighted by Crippen LogP contribution is -2.59. The van der Waals surface area contributed by atoms with Crippen molar-refractivity contribution < 1.29 is 27.8 Å². The third-order valence-electron chi connectivity index (χ3n) is 7.05. The number of carbonyl (C=O) groups is 2. The van der Waals surface area contributed by atoms with Crippen molar-refractivity contribution in [2.45, 2.75) is 63.3 Å².